The lowest BCUT2D eigenvalue weighted by Gasteiger charge is -2.30. The van der Waals surface area contributed by atoms with Gasteiger partial charge in [0.05, 0.1) is 55.5 Å². The lowest BCUT2D eigenvalue weighted by Crippen LogP contribution is -2.46. The molecule has 66 heavy (non-hydrogen) atoms. The summed E-state index contributed by atoms with van der Waals surface area (Å²) < 4.78 is 37.7. The van der Waals surface area contributed by atoms with Crippen LogP contribution in [-0.4, -0.2) is 94.5 Å². The number of ether oxygens (including phenoxy) is 6. The first kappa shape index (κ1) is 53.7. The number of carbonyl (C=O) groups is 4. The number of hydrogen-bond acceptors (Lipinski definition) is 16. The van der Waals surface area contributed by atoms with Crippen molar-refractivity contribution in [3.63, 3.8) is 0 Å². The van der Waals surface area contributed by atoms with Gasteiger partial charge in [0.25, 0.3) is 11.8 Å². The molecule has 0 N–H and O–H groups in total. The van der Waals surface area contributed by atoms with Crippen molar-refractivity contribution in [1.82, 2.24) is 9.80 Å². The predicted octanol–water partition coefficient (Wildman–Crippen LogP) is 12.7. The highest BCUT2D eigenvalue weighted by atomic mass is 32.2. The molecule has 1 aromatic carbocycles. The Balaban J connectivity index is 1.75. The largest absolute Gasteiger partial charge is 0.485 e. The number of unbranched alkanes of at least 4 members (excludes halogenated alkanes) is 2. The molecule has 0 fully saturated rings. The van der Waals surface area contributed by atoms with Crippen molar-refractivity contribution in [2.45, 2.75) is 164 Å². The number of nitrogens with zero attached hydrogens (tertiary/aromatic N) is 4. The van der Waals surface area contributed by atoms with Gasteiger partial charge in [0.15, 0.2) is 11.5 Å². The van der Waals surface area contributed by atoms with Crippen molar-refractivity contribution in [3.05, 3.63) is 19.6 Å². The van der Waals surface area contributed by atoms with Crippen LogP contribution < -0.4 is 9.47 Å². The maximum absolute atomic E-state index is 14.6. The Labute approximate surface area is 416 Å². The molecule has 0 bridgehead atoms. The van der Waals surface area contributed by atoms with E-state index < -0.39 is 35.2 Å². The van der Waals surface area contributed by atoms with Gasteiger partial charge in [-0.1, -0.05) is 127 Å². The molecular formula is C46H62N4O10S6. The molecule has 0 saturated carbocycles. The van der Waals surface area contributed by atoms with Crippen LogP contribution in [0.5, 0.6) is 11.5 Å². The van der Waals surface area contributed by atoms with Gasteiger partial charge in [0.1, 0.15) is 22.3 Å². The number of fused-ring (bicyclic) bond motifs is 2. The van der Waals surface area contributed by atoms with E-state index in [9.17, 15) is 19.2 Å². The van der Waals surface area contributed by atoms with Crippen molar-refractivity contribution < 1.29 is 47.6 Å². The number of thiocarbonyl (C=S) groups is 2. The summed E-state index contributed by atoms with van der Waals surface area (Å²) in [6, 6.07) is 0. The zero-order valence-corrected chi connectivity index (χ0v) is 44.9. The summed E-state index contributed by atoms with van der Waals surface area (Å²) in [7, 11) is 2.35. The summed E-state index contributed by atoms with van der Waals surface area (Å²) in [6.45, 7) is 21.0. The molecule has 0 spiro atoms. The average Bonchev–Trinajstić information content (AvgIpc) is 3.93. The smallest absolute Gasteiger partial charge is 0.423 e. The Morgan fingerprint density at radius 1 is 0.606 bits per heavy atom. The second-order valence-electron chi connectivity index (χ2n) is 17.2. The highest BCUT2D eigenvalue weighted by Gasteiger charge is 2.47. The highest BCUT2D eigenvalue weighted by Crippen LogP contribution is 2.69. The van der Waals surface area contributed by atoms with Gasteiger partial charge < -0.3 is 28.4 Å². The Bertz CT molecular complexity index is 2040. The molecule has 4 aliphatic heterocycles. The highest BCUT2D eigenvalue weighted by molar-refractivity contribution is 8.26. The minimum Gasteiger partial charge on any atom is -0.485 e. The van der Waals surface area contributed by atoms with Crippen LogP contribution in [0.4, 0.5) is 9.59 Å². The fourth-order valence-corrected chi connectivity index (χ4v) is 12.7. The van der Waals surface area contributed by atoms with Crippen LogP contribution in [0.2, 0.25) is 0 Å². The topological polar surface area (TPSA) is 155 Å². The van der Waals surface area contributed by atoms with E-state index in [1.807, 2.05) is 41.5 Å². The standard InChI is InChI=1S/C46H62N4O10S6/c1-13-19-21-25(15-3)23-57-35-27(37(51)49(41(61)47-35)43(53)55-11)39-63-31-29(59-45(7,8)17-5)33-34(30(32(31)64-39)60-46(9,10)18-6)66-40(65-33)28-36(58-24-26(16-4)22-20-14-2)48-42(62)50(38(28)52)44(54)56-12/h25-26H,13-24H2,1-12H3. The molecule has 0 aromatic heterocycles. The number of carbonyl (C=O) groups excluding carboxylic acids is 4. The van der Waals surface area contributed by atoms with Crippen LogP contribution >= 0.6 is 71.5 Å². The van der Waals surface area contributed by atoms with Gasteiger partial charge in [0.2, 0.25) is 22.0 Å². The number of aliphatic imine (C=N–C) groups is 2. The van der Waals surface area contributed by atoms with Crippen LogP contribution in [0.25, 0.3) is 0 Å². The number of rotatable bonds is 18. The summed E-state index contributed by atoms with van der Waals surface area (Å²) in [5.74, 6) is -0.0163. The maximum atomic E-state index is 14.6. The molecule has 20 heteroatoms. The molecule has 14 nitrogen and oxygen atoms in total. The van der Waals surface area contributed by atoms with Gasteiger partial charge >= 0.3 is 12.2 Å². The third kappa shape index (κ3) is 11.9. The fourth-order valence-electron chi connectivity index (χ4n) is 6.71. The van der Waals surface area contributed by atoms with E-state index in [1.165, 1.54) is 61.3 Å². The first-order valence-corrected chi connectivity index (χ1v) is 26.6. The van der Waals surface area contributed by atoms with Crippen molar-refractivity contribution in [2.75, 3.05) is 27.4 Å². The quantitative estimate of drug-likeness (QED) is 0.101. The molecule has 362 valence electrons. The number of amides is 4. The second-order valence-corrected chi connectivity index (χ2v) is 22.5. The maximum Gasteiger partial charge on any atom is 0.423 e. The normalized spacial score (nSPS) is 17.4. The Kier molecular flexibility index (Phi) is 19.0. The predicted molar refractivity (Wildman–Crippen MR) is 271 cm³/mol. The van der Waals surface area contributed by atoms with Crippen molar-refractivity contribution in [1.29, 1.82) is 0 Å². The monoisotopic (exact) mass is 1020 g/mol. The third-order valence-electron chi connectivity index (χ3n) is 11.6. The van der Waals surface area contributed by atoms with E-state index >= 15 is 0 Å². The van der Waals surface area contributed by atoms with Crippen LogP contribution in [0.3, 0.4) is 0 Å². The molecule has 4 heterocycles. The van der Waals surface area contributed by atoms with Crippen LogP contribution in [-0.2, 0) is 28.5 Å². The molecule has 0 saturated heterocycles. The van der Waals surface area contributed by atoms with Gasteiger partial charge in [-0.05, 0) is 89.6 Å². The summed E-state index contributed by atoms with van der Waals surface area (Å²) in [6.07, 6.45) is 7.02. The van der Waals surface area contributed by atoms with E-state index in [4.69, 9.17) is 52.9 Å². The van der Waals surface area contributed by atoms with E-state index in [2.05, 4.69) is 37.7 Å². The van der Waals surface area contributed by atoms with Gasteiger partial charge in [-0.3, -0.25) is 9.59 Å². The van der Waals surface area contributed by atoms with Gasteiger partial charge in [-0.15, -0.1) is 0 Å². The summed E-state index contributed by atoms with van der Waals surface area (Å²) in [4.78, 5) is 68.5. The first-order valence-electron chi connectivity index (χ1n) is 22.5. The number of imide groups is 2. The van der Waals surface area contributed by atoms with E-state index in [0.29, 0.717) is 65.6 Å². The van der Waals surface area contributed by atoms with Crippen molar-refractivity contribution in [2.24, 2.45) is 21.8 Å². The van der Waals surface area contributed by atoms with Crippen molar-refractivity contribution >= 4 is 118 Å². The Hall–Kier alpha value is -3.30. The van der Waals surface area contributed by atoms with Gasteiger partial charge in [-0.25, -0.2) is 9.59 Å². The van der Waals surface area contributed by atoms with E-state index in [1.54, 1.807) is 0 Å². The van der Waals surface area contributed by atoms with E-state index in [0.717, 1.165) is 61.2 Å². The second kappa shape index (κ2) is 23.3. The van der Waals surface area contributed by atoms with Gasteiger partial charge in [-0.2, -0.15) is 19.8 Å². The lowest BCUT2D eigenvalue weighted by atomic mass is 10.0. The summed E-state index contributed by atoms with van der Waals surface area (Å²) in [5, 5.41) is -0.565. The summed E-state index contributed by atoms with van der Waals surface area (Å²) in [5.41, 5.74) is -1.26. The number of benzene rings is 1. The van der Waals surface area contributed by atoms with Crippen LogP contribution in [0.15, 0.2) is 49.2 Å². The zero-order valence-electron chi connectivity index (χ0n) is 40.0. The number of methoxy groups -OCH3 is 2. The average molecular weight is 1020 g/mol. The molecule has 2 atom stereocenters. The fraction of sp³-hybridized carbons (Fsp3) is 0.609. The molecule has 0 radical (unpaired) electrons. The third-order valence-corrected chi connectivity index (χ3v) is 17.4. The molecule has 4 aliphatic rings. The molecule has 1 aromatic rings. The van der Waals surface area contributed by atoms with Crippen LogP contribution in [0, 0.1) is 11.8 Å². The van der Waals surface area contributed by atoms with Gasteiger partial charge in [0, 0.05) is 0 Å². The van der Waals surface area contributed by atoms with Crippen molar-refractivity contribution in [3.8, 4) is 11.5 Å². The SMILES string of the molecule is CCCCC(CC)COC1=NC(=S)N(C(=O)OC)C(=O)C1=C1Sc2c(OC(C)(C)CC)c3c(c(OC(C)(C)CC)c2S1)SC(=C1C(=O)N(C(=O)OC)C(=S)N=C1OCC(CC)CCCC)S3. The zero-order chi connectivity index (χ0) is 48.7. The molecule has 4 amide bonds. The van der Waals surface area contributed by atoms with Crippen LogP contribution in [0.1, 0.15) is 133 Å². The first-order chi connectivity index (χ1) is 31.3. The summed E-state index contributed by atoms with van der Waals surface area (Å²) >= 11 is 16.1. The molecule has 5 rings (SSSR count). The molecule has 0 aliphatic carbocycles. The number of thioether (sulfide) groups is 4. The Morgan fingerprint density at radius 3 is 1.21 bits per heavy atom. The lowest BCUT2D eigenvalue weighted by molar-refractivity contribution is -0.122. The van der Waals surface area contributed by atoms with E-state index in [-0.39, 0.29) is 45.0 Å². The number of hydrogen-bond donors (Lipinski definition) is 0. The molecule has 2 unspecified atom stereocenters. The minimum absolute atomic E-state index is 0.0228. The minimum atomic E-state index is -0.970. The molecular weight excluding hydrogens is 961 g/mol. The Morgan fingerprint density at radius 2 is 0.939 bits per heavy atom.